The first-order chi connectivity index (χ1) is 14.8. The van der Waals surface area contributed by atoms with E-state index < -0.39 is 10.0 Å². The van der Waals surface area contributed by atoms with Gasteiger partial charge in [0, 0.05) is 23.1 Å². The second-order valence-electron chi connectivity index (χ2n) is 7.74. The summed E-state index contributed by atoms with van der Waals surface area (Å²) >= 11 is 20.4. The summed E-state index contributed by atoms with van der Waals surface area (Å²) in [5.41, 5.74) is 0.392. The topological polar surface area (TPSA) is 40.6 Å². The molecule has 0 radical (unpaired) electrons. The SMILES string of the molecule is CSCC1CCCN(CCCN(c2cc(Cl)ccc2Cl)S(=O)(=O)c2ccc(Cl)cc2)C1. The second-order valence-corrected chi connectivity index (χ2v) is 11.8. The number of hydrogen-bond acceptors (Lipinski definition) is 4. The van der Waals surface area contributed by atoms with E-state index >= 15 is 0 Å². The van der Waals surface area contributed by atoms with Crippen molar-refractivity contribution in [2.24, 2.45) is 5.92 Å². The van der Waals surface area contributed by atoms with Crippen molar-refractivity contribution in [1.29, 1.82) is 0 Å². The van der Waals surface area contributed by atoms with E-state index in [9.17, 15) is 8.42 Å². The molecule has 0 spiro atoms. The molecule has 0 aliphatic carbocycles. The van der Waals surface area contributed by atoms with Crippen LogP contribution in [0.3, 0.4) is 0 Å². The van der Waals surface area contributed by atoms with Crippen LogP contribution in [0.25, 0.3) is 0 Å². The quantitative estimate of drug-likeness (QED) is 0.388. The zero-order valence-corrected chi connectivity index (χ0v) is 21.3. The van der Waals surface area contributed by atoms with Gasteiger partial charge in [0.2, 0.25) is 0 Å². The van der Waals surface area contributed by atoms with Crippen molar-refractivity contribution >= 4 is 62.3 Å². The minimum Gasteiger partial charge on any atom is -0.303 e. The van der Waals surface area contributed by atoms with Gasteiger partial charge in [-0.2, -0.15) is 11.8 Å². The summed E-state index contributed by atoms with van der Waals surface area (Å²) in [6, 6.07) is 11.1. The summed E-state index contributed by atoms with van der Waals surface area (Å²) < 4.78 is 28.4. The van der Waals surface area contributed by atoms with E-state index in [0.717, 1.165) is 19.6 Å². The molecule has 0 N–H and O–H groups in total. The minimum atomic E-state index is -3.82. The molecule has 2 aromatic rings. The van der Waals surface area contributed by atoms with Gasteiger partial charge < -0.3 is 4.90 Å². The smallest absolute Gasteiger partial charge is 0.264 e. The molecule has 1 aliphatic rings. The van der Waals surface area contributed by atoms with E-state index in [2.05, 4.69) is 11.2 Å². The molecule has 2 aromatic carbocycles. The van der Waals surface area contributed by atoms with Gasteiger partial charge in [0.05, 0.1) is 15.6 Å². The average Bonchev–Trinajstić information content (AvgIpc) is 2.74. The predicted octanol–water partition coefficient (Wildman–Crippen LogP) is 6.31. The summed E-state index contributed by atoms with van der Waals surface area (Å²) in [6.45, 7) is 3.29. The van der Waals surface area contributed by atoms with Gasteiger partial charge in [0.25, 0.3) is 10.0 Å². The summed E-state index contributed by atoms with van der Waals surface area (Å²) in [6.07, 6.45) is 5.31. The van der Waals surface area contributed by atoms with Gasteiger partial charge in [-0.05, 0) is 92.7 Å². The first kappa shape index (κ1) is 25.0. The number of rotatable bonds is 9. The monoisotopic (exact) mass is 520 g/mol. The molecule has 0 bridgehead atoms. The van der Waals surface area contributed by atoms with Crippen LogP contribution < -0.4 is 4.31 Å². The van der Waals surface area contributed by atoms with Crippen molar-refractivity contribution in [2.75, 3.05) is 42.5 Å². The van der Waals surface area contributed by atoms with Gasteiger partial charge in [-0.3, -0.25) is 4.31 Å². The van der Waals surface area contributed by atoms with Gasteiger partial charge in [-0.25, -0.2) is 8.42 Å². The van der Waals surface area contributed by atoms with Crippen LogP contribution in [0.15, 0.2) is 47.4 Å². The average molecular weight is 522 g/mol. The number of likely N-dealkylation sites (tertiary alicyclic amines) is 1. The third-order valence-corrected chi connectivity index (χ3v) is 8.86. The van der Waals surface area contributed by atoms with Crippen LogP contribution in [-0.4, -0.2) is 51.5 Å². The summed E-state index contributed by atoms with van der Waals surface area (Å²) in [5, 5.41) is 1.27. The van der Waals surface area contributed by atoms with Gasteiger partial charge >= 0.3 is 0 Å². The molecule has 4 nitrogen and oxygen atoms in total. The van der Waals surface area contributed by atoms with Crippen molar-refractivity contribution in [2.45, 2.75) is 24.2 Å². The third kappa shape index (κ3) is 6.68. The Morgan fingerprint density at radius 2 is 1.81 bits per heavy atom. The van der Waals surface area contributed by atoms with Crippen molar-refractivity contribution in [3.8, 4) is 0 Å². The summed E-state index contributed by atoms with van der Waals surface area (Å²) in [4.78, 5) is 2.61. The molecule has 1 heterocycles. The highest BCUT2D eigenvalue weighted by Gasteiger charge is 2.27. The molecule has 31 heavy (non-hydrogen) atoms. The Hall–Kier alpha value is -0.630. The molecule has 1 fully saturated rings. The highest BCUT2D eigenvalue weighted by atomic mass is 35.5. The highest BCUT2D eigenvalue weighted by Crippen LogP contribution is 2.33. The van der Waals surface area contributed by atoms with E-state index in [1.54, 1.807) is 30.3 Å². The number of sulfonamides is 1. The Balaban J connectivity index is 1.80. The van der Waals surface area contributed by atoms with Crippen LogP contribution >= 0.6 is 46.6 Å². The van der Waals surface area contributed by atoms with Gasteiger partial charge in [-0.15, -0.1) is 0 Å². The van der Waals surface area contributed by atoms with Gasteiger partial charge in [0.15, 0.2) is 0 Å². The number of nitrogens with zero attached hydrogens (tertiary/aromatic N) is 2. The fraction of sp³-hybridized carbons (Fsp3) is 0.455. The minimum absolute atomic E-state index is 0.172. The Morgan fingerprint density at radius 1 is 1.10 bits per heavy atom. The van der Waals surface area contributed by atoms with Crippen molar-refractivity contribution < 1.29 is 8.42 Å². The fourth-order valence-corrected chi connectivity index (χ4v) is 6.76. The molecule has 0 saturated carbocycles. The molecule has 170 valence electrons. The maximum atomic E-state index is 13.5. The molecule has 0 aromatic heterocycles. The Kier molecular flexibility index (Phi) is 9.26. The number of anilines is 1. The molecule has 0 amide bonds. The number of hydrogen-bond donors (Lipinski definition) is 0. The first-order valence-corrected chi connectivity index (χ1v) is 14.2. The number of benzene rings is 2. The Bertz CT molecular complexity index is 969. The fourth-order valence-electron chi connectivity index (χ4n) is 3.94. The Labute approximate surface area is 204 Å². The van der Waals surface area contributed by atoms with E-state index in [1.807, 2.05) is 11.8 Å². The molecule has 1 saturated heterocycles. The molecule has 1 unspecified atom stereocenters. The summed E-state index contributed by atoms with van der Waals surface area (Å²) in [5.74, 6) is 1.88. The highest BCUT2D eigenvalue weighted by molar-refractivity contribution is 7.98. The maximum Gasteiger partial charge on any atom is 0.264 e. The first-order valence-electron chi connectivity index (χ1n) is 10.3. The Morgan fingerprint density at radius 3 is 2.52 bits per heavy atom. The van der Waals surface area contributed by atoms with Crippen LogP contribution in [0.2, 0.25) is 15.1 Å². The zero-order chi connectivity index (χ0) is 22.4. The normalized spacial score (nSPS) is 17.6. The van der Waals surface area contributed by atoms with E-state index in [1.165, 1.54) is 35.0 Å². The summed E-state index contributed by atoms with van der Waals surface area (Å²) in [7, 11) is -3.82. The number of halogens is 3. The number of piperidine rings is 1. The molecule has 1 atom stereocenters. The lowest BCUT2D eigenvalue weighted by Gasteiger charge is -2.33. The van der Waals surface area contributed by atoms with E-state index in [4.69, 9.17) is 34.8 Å². The largest absolute Gasteiger partial charge is 0.303 e. The van der Waals surface area contributed by atoms with Crippen molar-refractivity contribution in [3.63, 3.8) is 0 Å². The van der Waals surface area contributed by atoms with Crippen LogP contribution in [0, 0.1) is 5.92 Å². The lowest BCUT2D eigenvalue weighted by atomic mass is 10.00. The predicted molar refractivity (Wildman–Crippen MR) is 135 cm³/mol. The lowest BCUT2D eigenvalue weighted by Crippen LogP contribution is -2.39. The van der Waals surface area contributed by atoms with Crippen molar-refractivity contribution in [3.05, 3.63) is 57.5 Å². The van der Waals surface area contributed by atoms with Crippen LogP contribution in [0.5, 0.6) is 0 Å². The lowest BCUT2D eigenvalue weighted by molar-refractivity contribution is 0.185. The molecule has 1 aliphatic heterocycles. The number of thioether (sulfide) groups is 1. The van der Waals surface area contributed by atoms with Crippen LogP contribution in [0.1, 0.15) is 19.3 Å². The molecule has 3 rings (SSSR count). The molecular formula is C22H27Cl3N2O2S2. The maximum absolute atomic E-state index is 13.5. The van der Waals surface area contributed by atoms with E-state index in [-0.39, 0.29) is 4.90 Å². The van der Waals surface area contributed by atoms with E-state index in [0.29, 0.717) is 39.6 Å². The zero-order valence-electron chi connectivity index (χ0n) is 17.4. The third-order valence-electron chi connectivity index (χ3n) is 5.42. The molecular weight excluding hydrogens is 495 g/mol. The molecule has 9 heteroatoms. The van der Waals surface area contributed by atoms with Crippen LogP contribution in [-0.2, 0) is 10.0 Å². The second kappa shape index (κ2) is 11.5. The van der Waals surface area contributed by atoms with Gasteiger partial charge in [0.1, 0.15) is 0 Å². The van der Waals surface area contributed by atoms with Gasteiger partial charge in [-0.1, -0.05) is 34.8 Å². The van der Waals surface area contributed by atoms with Crippen LogP contribution in [0.4, 0.5) is 5.69 Å². The van der Waals surface area contributed by atoms with Crippen molar-refractivity contribution in [1.82, 2.24) is 4.90 Å². The standard InChI is InChI=1S/C22H27Cl3N2O2S2/c1-30-16-17-4-2-11-26(15-17)12-3-13-27(22-14-19(24)7-10-21(22)25)31(28,29)20-8-5-18(23)6-9-20/h5-10,14,17H,2-4,11-13,15-16H2,1H3.